The first-order chi connectivity index (χ1) is 14.1. The van der Waals surface area contributed by atoms with Crippen molar-refractivity contribution in [2.45, 2.75) is 39.5 Å². The molecule has 156 valence electrons. The van der Waals surface area contributed by atoms with Crippen molar-refractivity contribution in [2.24, 2.45) is 0 Å². The van der Waals surface area contributed by atoms with Gasteiger partial charge in [0.25, 0.3) is 0 Å². The van der Waals surface area contributed by atoms with Crippen molar-refractivity contribution < 1.29 is 18.8 Å². The van der Waals surface area contributed by atoms with Crippen LogP contribution in [0.15, 0.2) is 48.5 Å². The van der Waals surface area contributed by atoms with Crippen LogP contribution in [0.2, 0.25) is 0 Å². The number of quaternary nitrogens is 1. The molecule has 0 amide bonds. The first-order valence-corrected chi connectivity index (χ1v) is 10.9. The molecule has 0 atom stereocenters. The minimum atomic E-state index is -0.231. The molecule has 0 aliphatic carbocycles. The monoisotopic (exact) mass is 396 g/mol. The van der Waals surface area contributed by atoms with Crippen molar-refractivity contribution in [2.75, 3.05) is 39.4 Å². The molecule has 1 heterocycles. The second-order valence-corrected chi connectivity index (χ2v) is 8.22. The summed E-state index contributed by atoms with van der Waals surface area (Å²) in [5, 5.41) is 0. The van der Waals surface area contributed by atoms with Crippen LogP contribution in [0.3, 0.4) is 0 Å². The Bertz CT molecular complexity index is 760. The predicted molar refractivity (Wildman–Crippen MR) is 116 cm³/mol. The molecule has 0 spiro atoms. The van der Waals surface area contributed by atoms with Crippen LogP contribution >= 0.6 is 0 Å². The number of rotatable bonds is 8. The van der Waals surface area contributed by atoms with Gasteiger partial charge in [0.05, 0.1) is 18.7 Å². The number of likely N-dealkylation sites (tertiary alicyclic amines) is 1. The summed E-state index contributed by atoms with van der Waals surface area (Å²) in [6, 6.07) is 15.5. The maximum absolute atomic E-state index is 12.3. The molecule has 0 radical (unpaired) electrons. The SMILES string of the molecule is Cc1cccc(C)c1OCC[N+]1(CCOC(=O)c2ccccc2)CCCCCC1. The third kappa shape index (κ3) is 6.07. The number of benzene rings is 2. The van der Waals surface area contributed by atoms with Crippen LogP contribution in [0.1, 0.15) is 47.2 Å². The highest BCUT2D eigenvalue weighted by molar-refractivity contribution is 5.89. The number of carbonyl (C=O) groups is 1. The van der Waals surface area contributed by atoms with Gasteiger partial charge >= 0.3 is 5.97 Å². The lowest BCUT2D eigenvalue weighted by molar-refractivity contribution is -0.927. The van der Waals surface area contributed by atoms with Crippen LogP contribution in [-0.4, -0.2) is 49.8 Å². The summed E-state index contributed by atoms with van der Waals surface area (Å²) in [7, 11) is 0. The fourth-order valence-corrected chi connectivity index (χ4v) is 4.28. The van der Waals surface area contributed by atoms with E-state index in [1.54, 1.807) is 12.1 Å². The van der Waals surface area contributed by atoms with E-state index in [1.165, 1.54) is 36.8 Å². The smallest absolute Gasteiger partial charge is 0.338 e. The van der Waals surface area contributed by atoms with Crippen molar-refractivity contribution >= 4 is 5.97 Å². The molecule has 0 unspecified atom stereocenters. The molecule has 1 aliphatic heterocycles. The second-order valence-electron chi connectivity index (χ2n) is 8.22. The van der Waals surface area contributed by atoms with Crippen molar-refractivity contribution in [3.63, 3.8) is 0 Å². The van der Waals surface area contributed by atoms with Crippen molar-refractivity contribution in [3.8, 4) is 5.75 Å². The van der Waals surface area contributed by atoms with Crippen LogP contribution < -0.4 is 4.74 Å². The number of hydrogen-bond acceptors (Lipinski definition) is 3. The average Bonchev–Trinajstić information content (AvgIpc) is 2.97. The topological polar surface area (TPSA) is 35.5 Å². The van der Waals surface area contributed by atoms with Gasteiger partial charge in [0.1, 0.15) is 32.1 Å². The maximum atomic E-state index is 12.3. The van der Waals surface area contributed by atoms with Gasteiger partial charge in [-0.05, 0) is 62.8 Å². The zero-order valence-electron chi connectivity index (χ0n) is 17.9. The molecule has 4 nitrogen and oxygen atoms in total. The first-order valence-electron chi connectivity index (χ1n) is 10.9. The molecule has 4 heteroatoms. The van der Waals surface area contributed by atoms with Crippen LogP contribution in [-0.2, 0) is 4.74 Å². The fraction of sp³-hybridized carbons (Fsp3) is 0.480. The van der Waals surface area contributed by atoms with E-state index in [9.17, 15) is 4.79 Å². The Hall–Kier alpha value is -2.33. The van der Waals surface area contributed by atoms with Gasteiger partial charge in [-0.3, -0.25) is 0 Å². The highest BCUT2D eigenvalue weighted by atomic mass is 16.5. The summed E-state index contributed by atoms with van der Waals surface area (Å²) < 4.78 is 12.8. The molecule has 0 N–H and O–H groups in total. The van der Waals surface area contributed by atoms with Gasteiger partial charge in [0.15, 0.2) is 0 Å². The van der Waals surface area contributed by atoms with Crippen molar-refractivity contribution in [1.82, 2.24) is 0 Å². The standard InChI is InChI=1S/C25H34NO3/c1-21-11-10-12-22(2)24(21)28-19-17-26(15-8-3-4-9-16-26)18-20-29-25(27)23-13-6-5-7-14-23/h5-7,10-14H,3-4,8-9,15-20H2,1-2H3/q+1. The summed E-state index contributed by atoms with van der Waals surface area (Å²) in [6.07, 6.45) is 5.05. The number of hydrogen-bond donors (Lipinski definition) is 0. The van der Waals surface area contributed by atoms with Gasteiger partial charge in [0, 0.05) is 0 Å². The Labute approximate surface area is 175 Å². The largest absolute Gasteiger partial charge is 0.487 e. The van der Waals surface area contributed by atoms with E-state index < -0.39 is 0 Å². The summed E-state index contributed by atoms with van der Waals surface area (Å²) in [5.41, 5.74) is 2.99. The van der Waals surface area contributed by atoms with Crippen LogP contribution in [0.5, 0.6) is 5.75 Å². The lowest BCUT2D eigenvalue weighted by atomic mass is 10.1. The molecule has 0 saturated carbocycles. The van der Waals surface area contributed by atoms with Gasteiger partial charge in [-0.2, -0.15) is 0 Å². The van der Waals surface area contributed by atoms with Crippen LogP contribution in [0, 0.1) is 13.8 Å². The number of carbonyl (C=O) groups excluding carboxylic acids is 1. The van der Waals surface area contributed by atoms with E-state index in [0.717, 1.165) is 36.4 Å². The van der Waals surface area contributed by atoms with E-state index in [0.29, 0.717) is 18.8 Å². The van der Waals surface area contributed by atoms with Crippen molar-refractivity contribution in [1.29, 1.82) is 0 Å². The fourth-order valence-electron chi connectivity index (χ4n) is 4.28. The Morgan fingerprint density at radius 2 is 1.45 bits per heavy atom. The number of aryl methyl sites for hydroxylation is 2. The van der Waals surface area contributed by atoms with E-state index in [4.69, 9.17) is 9.47 Å². The van der Waals surface area contributed by atoms with Crippen LogP contribution in [0.25, 0.3) is 0 Å². The van der Waals surface area contributed by atoms with Gasteiger partial charge in [0.2, 0.25) is 0 Å². The summed E-state index contributed by atoms with van der Waals surface area (Å²) >= 11 is 0. The average molecular weight is 397 g/mol. The quantitative estimate of drug-likeness (QED) is 0.469. The number of para-hydroxylation sites is 1. The third-order valence-electron chi connectivity index (χ3n) is 6.04. The Kier molecular flexibility index (Phi) is 7.70. The Balaban J connectivity index is 1.57. The molecule has 2 aromatic rings. The molecular weight excluding hydrogens is 362 g/mol. The number of ether oxygens (including phenoxy) is 2. The predicted octanol–water partition coefficient (Wildman–Crippen LogP) is 4.93. The molecule has 3 rings (SSSR count). The molecule has 1 fully saturated rings. The normalized spacial score (nSPS) is 16.1. The molecule has 0 bridgehead atoms. The molecular formula is C25H34NO3+. The minimum Gasteiger partial charge on any atom is -0.487 e. The Morgan fingerprint density at radius 1 is 0.828 bits per heavy atom. The number of nitrogens with zero attached hydrogens (tertiary/aromatic N) is 1. The summed E-state index contributed by atoms with van der Waals surface area (Å²) in [6.45, 7) is 9.43. The number of esters is 1. The molecule has 0 aromatic heterocycles. The van der Waals surface area contributed by atoms with E-state index >= 15 is 0 Å². The second kappa shape index (κ2) is 10.4. The molecule has 29 heavy (non-hydrogen) atoms. The maximum Gasteiger partial charge on any atom is 0.338 e. The lowest BCUT2D eigenvalue weighted by Crippen LogP contribution is -2.53. The van der Waals surface area contributed by atoms with Gasteiger partial charge in [-0.25, -0.2) is 4.79 Å². The van der Waals surface area contributed by atoms with E-state index in [1.807, 2.05) is 18.2 Å². The van der Waals surface area contributed by atoms with Crippen molar-refractivity contribution in [3.05, 3.63) is 65.2 Å². The zero-order chi connectivity index (χ0) is 20.5. The highest BCUT2D eigenvalue weighted by Crippen LogP contribution is 2.23. The molecule has 2 aromatic carbocycles. The highest BCUT2D eigenvalue weighted by Gasteiger charge is 2.29. The van der Waals surface area contributed by atoms with Crippen LogP contribution in [0.4, 0.5) is 0 Å². The zero-order valence-corrected chi connectivity index (χ0v) is 17.9. The lowest BCUT2D eigenvalue weighted by Gasteiger charge is -2.37. The minimum absolute atomic E-state index is 0.231. The molecule has 1 aliphatic rings. The van der Waals surface area contributed by atoms with E-state index in [2.05, 4.69) is 32.0 Å². The Morgan fingerprint density at radius 3 is 2.10 bits per heavy atom. The summed E-state index contributed by atoms with van der Waals surface area (Å²) in [5.74, 6) is 0.779. The summed E-state index contributed by atoms with van der Waals surface area (Å²) in [4.78, 5) is 12.3. The van der Waals surface area contributed by atoms with Gasteiger partial charge in [-0.15, -0.1) is 0 Å². The van der Waals surface area contributed by atoms with E-state index in [-0.39, 0.29) is 5.97 Å². The third-order valence-corrected chi connectivity index (χ3v) is 6.04. The van der Waals surface area contributed by atoms with Gasteiger partial charge < -0.3 is 14.0 Å². The molecule has 1 saturated heterocycles. The van der Waals surface area contributed by atoms with Gasteiger partial charge in [-0.1, -0.05) is 36.4 Å². The first kappa shape index (κ1) is 21.4.